The molecule has 0 aliphatic rings. The zero-order chi connectivity index (χ0) is 14.4. The molecule has 1 amide bonds. The number of nitrogens with zero attached hydrogens (tertiary/aromatic N) is 1. The fraction of sp³-hybridized carbons (Fsp3) is 0.429. The van der Waals surface area contributed by atoms with Crippen LogP contribution in [0.1, 0.15) is 20.3 Å². The summed E-state index contributed by atoms with van der Waals surface area (Å²) in [6, 6.07) is 8.03. The minimum atomic E-state index is -1.06. The molecule has 0 saturated heterocycles. The second kappa shape index (κ2) is 6.89. The molecule has 0 radical (unpaired) electrons. The number of nitrogens with two attached hydrogens (primary N) is 1. The third-order valence-electron chi connectivity index (χ3n) is 2.67. The number of carboxylic acid groups (broad SMARTS) is 1. The van der Waals surface area contributed by atoms with Gasteiger partial charge in [0.15, 0.2) is 0 Å². The van der Waals surface area contributed by atoms with Crippen LogP contribution >= 0.6 is 0 Å². The predicted octanol–water partition coefficient (Wildman–Crippen LogP) is 1.48. The quantitative estimate of drug-likeness (QED) is 0.815. The molecule has 1 aromatic rings. The van der Waals surface area contributed by atoms with Crippen molar-refractivity contribution in [1.82, 2.24) is 0 Å². The number of aliphatic carboxylic acids is 1. The number of carbonyl (C=O) groups is 2. The molecule has 0 heterocycles. The number of hydrogen-bond acceptors (Lipinski definition) is 3. The van der Waals surface area contributed by atoms with E-state index in [0.29, 0.717) is 12.1 Å². The molecule has 0 spiro atoms. The first-order valence-corrected chi connectivity index (χ1v) is 6.25. The predicted molar refractivity (Wildman–Crippen MR) is 73.9 cm³/mol. The van der Waals surface area contributed by atoms with E-state index in [1.54, 1.807) is 30.3 Å². The maximum atomic E-state index is 12.3. The summed E-state index contributed by atoms with van der Waals surface area (Å²) < 4.78 is 0. The highest BCUT2D eigenvalue weighted by atomic mass is 16.4. The fourth-order valence-corrected chi connectivity index (χ4v) is 1.85. The highest BCUT2D eigenvalue weighted by molar-refractivity contribution is 6.00. The number of rotatable bonds is 6. The van der Waals surface area contributed by atoms with Gasteiger partial charge in [-0.3, -0.25) is 14.5 Å². The lowest BCUT2D eigenvalue weighted by Gasteiger charge is -2.25. The summed E-state index contributed by atoms with van der Waals surface area (Å²) in [6.07, 6.45) is 0.530. The Morgan fingerprint density at radius 3 is 2.32 bits per heavy atom. The number of para-hydroxylation sites is 1. The van der Waals surface area contributed by atoms with Crippen LogP contribution in [0, 0.1) is 5.92 Å². The van der Waals surface area contributed by atoms with Crippen molar-refractivity contribution in [1.29, 1.82) is 0 Å². The molecule has 1 rings (SSSR count). The van der Waals surface area contributed by atoms with Gasteiger partial charge in [0.25, 0.3) is 0 Å². The van der Waals surface area contributed by atoms with Crippen molar-refractivity contribution < 1.29 is 14.7 Å². The van der Waals surface area contributed by atoms with Crippen LogP contribution in [0.15, 0.2) is 30.3 Å². The highest BCUT2D eigenvalue weighted by Gasteiger charge is 2.24. The van der Waals surface area contributed by atoms with Gasteiger partial charge in [0.2, 0.25) is 5.91 Å². The van der Waals surface area contributed by atoms with Crippen molar-refractivity contribution in [3.63, 3.8) is 0 Å². The monoisotopic (exact) mass is 264 g/mol. The first-order valence-electron chi connectivity index (χ1n) is 6.25. The van der Waals surface area contributed by atoms with Gasteiger partial charge in [-0.15, -0.1) is 0 Å². The first-order chi connectivity index (χ1) is 8.91. The molecule has 0 aromatic heterocycles. The van der Waals surface area contributed by atoms with Crippen LogP contribution in [0.5, 0.6) is 0 Å². The zero-order valence-corrected chi connectivity index (χ0v) is 11.2. The van der Waals surface area contributed by atoms with E-state index in [1.165, 1.54) is 4.90 Å². The summed E-state index contributed by atoms with van der Waals surface area (Å²) in [5, 5.41) is 8.92. The fourth-order valence-electron chi connectivity index (χ4n) is 1.85. The van der Waals surface area contributed by atoms with Gasteiger partial charge in [-0.2, -0.15) is 0 Å². The first kappa shape index (κ1) is 15.2. The molecule has 19 heavy (non-hydrogen) atoms. The number of anilines is 1. The summed E-state index contributed by atoms with van der Waals surface area (Å²) in [6.45, 7) is 3.56. The molecule has 0 saturated carbocycles. The molecule has 1 aromatic carbocycles. The van der Waals surface area contributed by atoms with Crippen LogP contribution in [0.3, 0.4) is 0 Å². The van der Waals surface area contributed by atoms with E-state index in [-0.39, 0.29) is 18.4 Å². The van der Waals surface area contributed by atoms with Crippen LogP contribution in [0.4, 0.5) is 5.69 Å². The lowest BCUT2D eigenvalue weighted by molar-refractivity contribution is -0.136. The van der Waals surface area contributed by atoms with Gasteiger partial charge in [0, 0.05) is 5.69 Å². The Labute approximate surface area is 113 Å². The second-order valence-corrected chi connectivity index (χ2v) is 4.89. The number of carboxylic acids is 1. The van der Waals surface area contributed by atoms with Gasteiger partial charge in [0.05, 0.1) is 6.04 Å². The number of carbonyl (C=O) groups excluding carboxylic acids is 1. The Morgan fingerprint density at radius 2 is 1.84 bits per heavy atom. The third kappa shape index (κ3) is 4.71. The van der Waals surface area contributed by atoms with Crippen molar-refractivity contribution in [3.8, 4) is 0 Å². The normalized spacial score (nSPS) is 12.2. The van der Waals surface area contributed by atoms with E-state index < -0.39 is 12.0 Å². The maximum Gasteiger partial charge on any atom is 0.323 e. The Balaban J connectivity index is 2.91. The van der Waals surface area contributed by atoms with Gasteiger partial charge >= 0.3 is 5.97 Å². The average molecular weight is 264 g/mol. The zero-order valence-electron chi connectivity index (χ0n) is 11.2. The van der Waals surface area contributed by atoms with Crippen LogP contribution in [0.2, 0.25) is 0 Å². The third-order valence-corrected chi connectivity index (χ3v) is 2.67. The van der Waals surface area contributed by atoms with Gasteiger partial charge < -0.3 is 10.8 Å². The Morgan fingerprint density at radius 1 is 1.26 bits per heavy atom. The molecule has 3 N–H and O–H groups in total. The van der Waals surface area contributed by atoms with E-state index in [0.717, 1.165) is 0 Å². The van der Waals surface area contributed by atoms with Gasteiger partial charge in [-0.1, -0.05) is 32.0 Å². The molecular formula is C14H20N2O3. The smallest absolute Gasteiger partial charge is 0.323 e. The molecule has 0 fully saturated rings. The van der Waals surface area contributed by atoms with Gasteiger partial charge in [0.1, 0.15) is 6.54 Å². The average Bonchev–Trinajstić information content (AvgIpc) is 2.35. The topological polar surface area (TPSA) is 83.6 Å². The summed E-state index contributed by atoms with van der Waals surface area (Å²) in [4.78, 5) is 24.4. The molecular weight excluding hydrogens is 244 g/mol. The van der Waals surface area contributed by atoms with Gasteiger partial charge in [-0.25, -0.2) is 0 Å². The van der Waals surface area contributed by atoms with Crippen LogP contribution in [-0.2, 0) is 9.59 Å². The number of benzene rings is 1. The van der Waals surface area contributed by atoms with E-state index in [4.69, 9.17) is 10.8 Å². The molecule has 1 atom stereocenters. The van der Waals surface area contributed by atoms with Crippen LogP contribution in [-0.4, -0.2) is 29.6 Å². The molecule has 5 nitrogen and oxygen atoms in total. The Bertz CT molecular complexity index is 432. The lowest BCUT2D eigenvalue weighted by atomic mass is 10.0. The van der Waals surface area contributed by atoms with Crippen LogP contribution < -0.4 is 10.6 Å². The Kier molecular flexibility index (Phi) is 5.51. The standard InChI is InChI=1S/C14H20N2O3/c1-10(2)8-12(15)14(19)16(9-13(17)18)11-6-4-3-5-7-11/h3-7,10,12H,8-9,15H2,1-2H3,(H,17,18). The molecule has 0 aliphatic carbocycles. The van der Waals surface area contributed by atoms with Crippen molar-refractivity contribution in [2.24, 2.45) is 11.7 Å². The minimum Gasteiger partial charge on any atom is -0.480 e. The number of hydrogen-bond donors (Lipinski definition) is 2. The minimum absolute atomic E-state index is 0.279. The van der Waals surface area contributed by atoms with E-state index in [2.05, 4.69) is 0 Å². The van der Waals surface area contributed by atoms with Crippen molar-refractivity contribution in [3.05, 3.63) is 30.3 Å². The second-order valence-electron chi connectivity index (χ2n) is 4.89. The molecule has 0 aliphatic heterocycles. The van der Waals surface area contributed by atoms with E-state index >= 15 is 0 Å². The Hall–Kier alpha value is -1.88. The van der Waals surface area contributed by atoms with Gasteiger partial charge in [-0.05, 0) is 24.5 Å². The highest BCUT2D eigenvalue weighted by Crippen LogP contribution is 2.16. The van der Waals surface area contributed by atoms with E-state index in [1.807, 2.05) is 13.8 Å². The van der Waals surface area contributed by atoms with Crippen molar-refractivity contribution >= 4 is 17.6 Å². The summed E-state index contributed by atoms with van der Waals surface area (Å²) in [5.41, 5.74) is 6.40. The summed E-state index contributed by atoms with van der Waals surface area (Å²) >= 11 is 0. The summed E-state index contributed by atoms with van der Waals surface area (Å²) in [7, 11) is 0. The number of amides is 1. The maximum absolute atomic E-state index is 12.3. The van der Waals surface area contributed by atoms with Crippen molar-refractivity contribution in [2.75, 3.05) is 11.4 Å². The van der Waals surface area contributed by atoms with E-state index in [9.17, 15) is 9.59 Å². The lowest BCUT2D eigenvalue weighted by Crippen LogP contribution is -2.46. The van der Waals surface area contributed by atoms with Crippen molar-refractivity contribution in [2.45, 2.75) is 26.3 Å². The SMILES string of the molecule is CC(C)CC(N)C(=O)N(CC(=O)O)c1ccccc1. The molecule has 0 bridgehead atoms. The molecule has 104 valence electrons. The van der Waals surface area contributed by atoms with Crippen LogP contribution in [0.25, 0.3) is 0 Å². The molecule has 5 heteroatoms. The summed E-state index contributed by atoms with van der Waals surface area (Å²) in [5.74, 6) is -1.14. The largest absolute Gasteiger partial charge is 0.480 e. The molecule has 1 unspecified atom stereocenters.